The van der Waals surface area contributed by atoms with Gasteiger partial charge in [-0.2, -0.15) is 4.98 Å². The molecule has 0 aliphatic rings. The molecule has 0 saturated carbocycles. The Morgan fingerprint density at radius 1 is 1.26 bits per heavy atom. The maximum Gasteiger partial charge on any atom is 0.237 e. The Morgan fingerprint density at radius 3 is 2.96 bits per heavy atom. The van der Waals surface area contributed by atoms with Crippen molar-refractivity contribution in [2.75, 3.05) is 0 Å². The highest BCUT2D eigenvalue weighted by Gasteiger charge is 2.11. The molecule has 1 aromatic carbocycles. The van der Waals surface area contributed by atoms with Crippen molar-refractivity contribution in [2.45, 2.75) is 37.1 Å². The normalized spacial score (nSPS) is 11.0. The summed E-state index contributed by atoms with van der Waals surface area (Å²) in [4.78, 5) is 8.86. The fourth-order valence-electron chi connectivity index (χ4n) is 2.00. The highest BCUT2D eigenvalue weighted by Crippen LogP contribution is 2.27. The molecule has 3 rings (SSSR count). The standard InChI is InChI=1S/C15H16BrN5OS/c1-2-3-8-12-17-13(22-21-12)9-23-15-18-14(19-20-15)10-6-4-5-7-11(10)16/h4-7H,2-3,8-9H2,1H3,(H,18,19,20). The van der Waals surface area contributed by atoms with E-state index in [-0.39, 0.29) is 0 Å². The molecular weight excluding hydrogens is 378 g/mol. The average Bonchev–Trinajstić information content (AvgIpc) is 3.21. The number of halogens is 1. The summed E-state index contributed by atoms with van der Waals surface area (Å²) in [6, 6.07) is 7.88. The maximum absolute atomic E-state index is 5.24. The maximum atomic E-state index is 5.24. The molecule has 0 spiro atoms. The van der Waals surface area contributed by atoms with Gasteiger partial charge in [-0.1, -0.05) is 64.4 Å². The minimum absolute atomic E-state index is 0.562. The molecule has 0 aliphatic carbocycles. The van der Waals surface area contributed by atoms with Gasteiger partial charge in [0.2, 0.25) is 11.0 Å². The number of hydrogen-bond donors (Lipinski definition) is 1. The van der Waals surface area contributed by atoms with E-state index in [1.165, 1.54) is 11.8 Å². The molecule has 120 valence electrons. The number of rotatable bonds is 7. The lowest BCUT2D eigenvalue weighted by Crippen LogP contribution is -1.88. The number of aromatic nitrogens is 5. The lowest BCUT2D eigenvalue weighted by Gasteiger charge is -1.97. The summed E-state index contributed by atoms with van der Waals surface area (Å²) in [5.74, 6) is 2.67. The zero-order valence-electron chi connectivity index (χ0n) is 12.6. The van der Waals surface area contributed by atoms with Crippen LogP contribution in [0.1, 0.15) is 31.5 Å². The predicted molar refractivity (Wildman–Crippen MR) is 92.0 cm³/mol. The summed E-state index contributed by atoms with van der Waals surface area (Å²) in [6.45, 7) is 2.14. The fraction of sp³-hybridized carbons (Fsp3) is 0.333. The smallest absolute Gasteiger partial charge is 0.237 e. The van der Waals surface area contributed by atoms with Crippen molar-refractivity contribution in [1.29, 1.82) is 0 Å². The third-order valence-corrected chi connectivity index (χ3v) is 4.71. The van der Waals surface area contributed by atoms with E-state index in [9.17, 15) is 0 Å². The third-order valence-electron chi connectivity index (χ3n) is 3.18. The van der Waals surface area contributed by atoms with E-state index >= 15 is 0 Å². The molecule has 0 radical (unpaired) electrons. The van der Waals surface area contributed by atoms with Gasteiger partial charge in [-0.25, -0.2) is 4.98 Å². The Kier molecular flexibility index (Phi) is 5.45. The third kappa shape index (κ3) is 4.20. The van der Waals surface area contributed by atoms with E-state index in [0.717, 1.165) is 40.9 Å². The highest BCUT2D eigenvalue weighted by molar-refractivity contribution is 9.10. The molecule has 0 unspecified atom stereocenters. The summed E-state index contributed by atoms with van der Waals surface area (Å²) < 4.78 is 6.22. The van der Waals surface area contributed by atoms with E-state index in [1.807, 2.05) is 24.3 Å². The lowest BCUT2D eigenvalue weighted by molar-refractivity contribution is 0.384. The fourth-order valence-corrected chi connectivity index (χ4v) is 3.10. The Labute approximate surface area is 146 Å². The highest BCUT2D eigenvalue weighted by atomic mass is 79.9. The second-order valence-electron chi connectivity index (χ2n) is 4.94. The van der Waals surface area contributed by atoms with Crippen LogP contribution in [0.3, 0.4) is 0 Å². The molecule has 3 aromatic rings. The molecule has 2 heterocycles. The van der Waals surface area contributed by atoms with Crippen LogP contribution in [0.4, 0.5) is 0 Å². The molecule has 6 nitrogen and oxygen atoms in total. The number of nitrogens with zero attached hydrogens (tertiary/aromatic N) is 4. The lowest BCUT2D eigenvalue weighted by atomic mass is 10.2. The summed E-state index contributed by atoms with van der Waals surface area (Å²) in [5, 5.41) is 11.8. The molecule has 2 aromatic heterocycles. The second-order valence-corrected chi connectivity index (χ2v) is 6.74. The average molecular weight is 394 g/mol. The van der Waals surface area contributed by atoms with Gasteiger partial charge in [-0.15, -0.1) is 5.10 Å². The summed E-state index contributed by atoms with van der Waals surface area (Å²) in [7, 11) is 0. The molecule has 0 aliphatic heterocycles. The predicted octanol–water partition coefficient (Wildman–Crippen LogP) is 4.25. The zero-order chi connectivity index (χ0) is 16.1. The molecule has 23 heavy (non-hydrogen) atoms. The minimum Gasteiger partial charge on any atom is -0.338 e. The van der Waals surface area contributed by atoms with Crippen LogP contribution in [0, 0.1) is 0 Å². The number of benzene rings is 1. The van der Waals surface area contributed by atoms with Gasteiger partial charge in [0.15, 0.2) is 11.6 Å². The topological polar surface area (TPSA) is 80.5 Å². The molecule has 0 fully saturated rings. The van der Waals surface area contributed by atoms with E-state index in [1.54, 1.807) is 0 Å². The first-order valence-electron chi connectivity index (χ1n) is 7.38. The summed E-state index contributed by atoms with van der Waals surface area (Å²) in [5.41, 5.74) is 0.978. The number of aryl methyl sites for hydroxylation is 1. The van der Waals surface area contributed by atoms with Gasteiger partial charge >= 0.3 is 0 Å². The van der Waals surface area contributed by atoms with Gasteiger partial charge in [0.05, 0.1) is 5.75 Å². The SMILES string of the molecule is CCCCc1noc(CSc2n[nH]c(-c3ccccc3Br)n2)n1. The van der Waals surface area contributed by atoms with Crippen LogP contribution in [0.15, 0.2) is 38.4 Å². The molecular formula is C15H16BrN5OS. The molecule has 0 amide bonds. The monoisotopic (exact) mass is 393 g/mol. The first-order valence-corrected chi connectivity index (χ1v) is 9.15. The van der Waals surface area contributed by atoms with Crippen molar-refractivity contribution < 1.29 is 4.52 Å². The first kappa shape index (κ1) is 16.2. The van der Waals surface area contributed by atoms with Crippen molar-refractivity contribution in [3.05, 3.63) is 40.5 Å². The quantitative estimate of drug-likeness (QED) is 0.604. The van der Waals surface area contributed by atoms with E-state index < -0.39 is 0 Å². The number of aromatic amines is 1. The van der Waals surface area contributed by atoms with Crippen molar-refractivity contribution in [2.24, 2.45) is 0 Å². The van der Waals surface area contributed by atoms with Gasteiger partial charge < -0.3 is 4.52 Å². The van der Waals surface area contributed by atoms with E-state index in [0.29, 0.717) is 16.8 Å². The Morgan fingerprint density at radius 2 is 2.13 bits per heavy atom. The molecule has 0 atom stereocenters. The van der Waals surface area contributed by atoms with E-state index in [4.69, 9.17) is 4.52 Å². The number of H-pyrrole nitrogens is 1. The Hall–Kier alpha value is -1.67. The largest absolute Gasteiger partial charge is 0.338 e. The van der Waals surface area contributed by atoms with Crippen LogP contribution in [0.25, 0.3) is 11.4 Å². The second kappa shape index (κ2) is 7.74. The van der Waals surface area contributed by atoms with Gasteiger partial charge in [0, 0.05) is 16.5 Å². The number of unbranched alkanes of at least 4 members (excludes halogenated alkanes) is 1. The molecule has 8 heteroatoms. The molecule has 0 bridgehead atoms. The van der Waals surface area contributed by atoms with Gasteiger partial charge in [0.1, 0.15) is 0 Å². The number of hydrogen-bond acceptors (Lipinski definition) is 6. The van der Waals surface area contributed by atoms with Crippen LogP contribution in [-0.4, -0.2) is 25.3 Å². The van der Waals surface area contributed by atoms with Crippen molar-refractivity contribution in [3.8, 4) is 11.4 Å². The van der Waals surface area contributed by atoms with Crippen molar-refractivity contribution in [3.63, 3.8) is 0 Å². The minimum atomic E-state index is 0.562. The zero-order valence-corrected chi connectivity index (χ0v) is 15.0. The molecule has 0 saturated heterocycles. The van der Waals surface area contributed by atoms with Crippen LogP contribution < -0.4 is 0 Å². The van der Waals surface area contributed by atoms with Crippen molar-refractivity contribution >= 4 is 27.7 Å². The molecule has 1 N–H and O–H groups in total. The first-order chi connectivity index (χ1) is 11.3. The van der Waals surface area contributed by atoms with Crippen LogP contribution >= 0.6 is 27.7 Å². The van der Waals surface area contributed by atoms with Crippen LogP contribution in [0.2, 0.25) is 0 Å². The Balaban J connectivity index is 1.61. The Bertz CT molecular complexity index is 773. The van der Waals surface area contributed by atoms with Crippen LogP contribution in [-0.2, 0) is 12.2 Å². The van der Waals surface area contributed by atoms with Gasteiger partial charge in [-0.05, 0) is 12.5 Å². The van der Waals surface area contributed by atoms with Crippen LogP contribution in [0.5, 0.6) is 0 Å². The van der Waals surface area contributed by atoms with Gasteiger partial charge in [-0.3, -0.25) is 5.10 Å². The summed E-state index contributed by atoms with van der Waals surface area (Å²) in [6.07, 6.45) is 3.05. The number of nitrogens with one attached hydrogen (secondary N) is 1. The summed E-state index contributed by atoms with van der Waals surface area (Å²) >= 11 is 4.98. The van der Waals surface area contributed by atoms with Gasteiger partial charge in [0.25, 0.3) is 0 Å². The van der Waals surface area contributed by atoms with Crippen molar-refractivity contribution in [1.82, 2.24) is 25.3 Å². The van der Waals surface area contributed by atoms with E-state index in [2.05, 4.69) is 48.2 Å². The number of thioether (sulfide) groups is 1.